The largest absolute Gasteiger partial charge is 0.0764 e. The van der Waals surface area contributed by atoms with E-state index in [1.807, 2.05) is 0 Å². The van der Waals surface area contributed by atoms with Gasteiger partial charge in [-0.1, -0.05) is 36.6 Å². The Kier molecular flexibility index (Phi) is 5.91. The minimum Gasteiger partial charge on any atom is -0.0764 e. The number of hydrogen-bond donors (Lipinski definition) is 0. The third-order valence-corrected chi connectivity index (χ3v) is 1.63. The second-order valence-electron chi connectivity index (χ2n) is 3.36. The maximum Gasteiger partial charge on any atom is -0.0320 e. The average Bonchev–Trinajstić information content (AvgIpc) is 1.97. The summed E-state index contributed by atoms with van der Waals surface area (Å²) < 4.78 is 0. The highest BCUT2D eigenvalue weighted by Gasteiger charge is 1.86. The molecule has 0 saturated heterocycles. The molecule has 0 aromatic carbocycles. The Morgan fingerprint density at radius 1 is 1.09 bits per heavy atom. The second-order valence-corrected chi connectivity index (χ2v) is 3.36. The Labute approximate surface area is 71.0 Å². The minimum atomic E-state index is 1.25. The molecular formula is C11H20. The van der Waals surface area contributed by atoms with Gasteiger partial charge in [-0.3, -0.25) is 0 Å². The summed E-state index contributed by atoms with van der Waals surface area (Å²) in [7, 11) is 0. The summed E-state index contributed by atoms with van der Waals surface area (Å²) in [4.78, 5) is 0. The second kappa shape index (κ2) is 6.21. The SMILES string of the molecule is CCCCC(C)=CC=C(C)C. The summed E-state index contributed by atoms with van der Waals surface area (Å²) in [5, 5.41) is 0. The van der Waals surface area contributed by atoms with Crippen molar-refractivity contribution in [1.82, 2.24) is 0 Å². The molecule has 0 rings (SSSR count). The molecule has 0 aliphatic carbocycles. The lowest BCUT2D eigenvalue weighted by atomic mass is 10.1. The smallest absolute Gasteiger partial charge is 0.0320 e. The molecule has 0 saturated carbocycles. The monoisotopic (exact) mass is 152 g/mol. The highest BCUT2D eigenvalue weighted by molar-refractivity contribution is 5.13. The van der Waals surface area contributed by atoms with Crippen LogP contribution in [0.1, 0.15) is 47.0 Å². The van der Waals surface area contributed by atoms with Crippen molar-refractivity contribution < 1.29 is 0 Å². The summed E-state index contributed by atoms with van der Waals surface area (Å²) in [6.07, 6.45) is 8.27. The van der Waals surface area contributed by atoms with E-state index in [0.29, 0.717) is 0 Å². The first-order chi connectivity index (χ1) is 5.16. The molecule has 0 fully saturated rings. The molecule has 0 heteroatoms. The van der Waals surface area contributed by atoms with Gasteiger partial charge in [0.25, 0.3) is 0 Å². The maximum absolute atomic E-state index is 2.23. The van der Waals surface area contributed by atoms with Gasteiger partial charge in [-0.25, -0.2) is 0 Å². The molecule has 0 aliphatic heterocycles. The van der Waals surface area contributed by atoms with Crippen LogP contribution in [-0.2, 0) is 0 Å². The van der Waals surface area contributed by atoms with Crippen LogP contribution in [0.3, 0.4) is 0 Å². The van der Waals surface area contributed by atoms with Crippen LogP contribution in [0.4, 0.5) is 0 Å². The maximum atomic E-state index is 2.23. The fourth-order valence-corrected chi connectivity index (χ4v) is 0.848. The third kappa shape index (κ3) is 7.38. The Morgan fingerprint density at radius 2 is 1.73 bits per heavy atom. The number of allylic oxidation sites excluding steroid dienone is 4. The molecule has 0 aliphatic rings. The van der Waals surface area contributed by atoms with Crippen LogP contribution in [0.15, 0.2) is 23.3 Å². The predicted molar refractivity (Wildman–Crippen MR) is 52.7 cm³/mol. The van der Waals surface area contributed by atoms with Gasteiger partial charge in [-0.05, 0) is 33.6 Å². The van der Waals surface area contributed by atoms with Gasteiger partial charge >= 0.3 is 0 Å². The molecule has 0 aromatic heterocycles. The van der Waals surface area contributed by atoms with E-state index < -0.39 is 0 Å². The van der Waals surface area contributed by atoms with Crippen LogP contribution in [0.2, 0.25) is 0 Å². The first-order valence-electron chi connectivity index (χ1n) is 4.47. The average molecular weight is 152 g/mol. The van der Waals surface area contributed by atoms with Crippen LogP contribution in [0.5, 0.6) is 0 Å². The van der Waals surface area contributed by atoms with Crippen molar-refractivity contribution in [2.24, 2.45) is 0 Å². The van der Waals surface area contributed by atoms with E-state index in [9.17, 15) is 0 Å². The molecule has 0 amide bonds. The van der Waals surface area contributed by atoms with Crippen molar-refractivity contribution in [3.63, 3.8) is 0 Å². The highest BCUT2D eigenvalue weighted by Crippen LogP contribution is 2.06. The van der Waals surface area contributed by atoms with Crippen molar-refractivity contribution in [3.05, 3.63) is 23.3 Å². The van der Waals surface area contributed by atoms with E-state index in [1.54, 1.807) is 0 Å². The minimum absolute atomic E-state index is 1.25. The molecule has 0 nitrogen and oxygen atoms in total. The summed E-state index contributed by atoms with van der Waals surface area (Å²) in [5.74, 6) is 0. The van der Waals surface area contributed by atoms with E-state index in [1.165, 1.54) is 30.4 Å². The topological polar surface area (TPSA) is 0 Å². The van der Waals surface area contributed by atoms with Crippen LogP contribution >= 0.6 is 0 Å². The number of hydrogen-bond acceptors (Lipinski definition) is 0. The zero-order chi connectivity index (χ0) is 8.69. The number of unbranched alkanes of at least 4 members (excludes halogenated alkanes) is 1. The van der Waals surface area contributed by atoms with Gasteiger partial charge < -0.3 is 0 Å². The van der Waals surface area contributed by atoms with Gasteiger partial charge in [0.2, 0.25) is 0 Å². The van der Waals surface area contributed by atoms with Gasteiger partial charge in [0, 0.05) is 0 Å². The lowest BCUT2D eigenvalue weighted by Gasteiger charge is -1.96. The van der Waals surface area contributed by atoms with Gasteiger partial charge in [-0.2, -0.15) is 0 Å². The predicted octanol–water partition coefficient (Wildman–Crippen LogP) is 4.09. The Morgan fingerprint density at radius 3 is 2.18 bits per heavy atom. The van der Waals surface area contributed by atoms with E-state index >= 15 is 0 Å². The Hall–Kier alpha value is -0.520. The van der Waals surface area contributed by atoms with Crippen molar-refractivity contribution in [1.29, 1.82) is 0 Å². The molecule has 0 radical (unpaired) electrons. The van der Waals surface area contributed by atoms with Crippen molar-refractivity contribution >= 4 is 0 Å². The van der Waals surface area contributed by atoms with Gasteiger partial charge in [0.15, 0.2) is 0 Å². The molecule has 0 aromatic rings. The zero-order valence-electron chi connectivity index (χ0n) is 8.28. The van der Waals surface area contributed by atoms with E-state index in [-0.39, 0.29) is 0 Å². The van der Waals surface area contributed by atoms with Crippen LogP contribution < -0.4 is 0 Å². The molecule has 0 bridgehead atoms. The van der Waals surface area contributed by atoms with E-state index in [0.717, 1.165) is 0 Å². The molecule has 11 heavy (non-hydrogen) atoms. The molecule has 0 N–H and O–H groups in total. The van der Waals surface area contributed by atoms with Gasteiger partial charge in [-0.15, -0.1) is 0 Å². The first kappa shape index (κ1) is 10.5. The normalized spacial score (nSPS) is 11.5. The van der Waals surface area contributed by atoms with Crippen LogP contribution in [0.25, 0.3) is 0 Å². The van der Waals surface area contributed by atoms with E-state index in [4.69, 9.17) is 0 Å². The number of rotatable bonds is 4. The molecule has 0 spiro atoms. The molecule has 0 unspecified atom stereocenters. The Balaban J connectivity index is 3.72. The van der Waals surface area contributed by atoms with Crippen molar-refractivity contribution in [2.45, 2.75) is 47.0 Å². The van der Waals surface area contributed by atoms with Crippen molar-refractivity contribution in [3.8, 4) is 0 Å². The van der Waals surface area contributed by atoms with Gasteiger partial charge in [0.05, 0.1) is 0 Å². The lowest BCUT2D eigenvalue weighted by Crippen LogP contribution is -1.76. The standard InChI is InChI=1S/C11H20/c1-5-6-7-11(4)9-8-10(2)3/h8-9H,5-7H2,1-4H3. The Bertz CT molecular complexity index is 145. The third-order valence-electron chi connectivity index (χ3n) is 1.63. The summed E-state index contributed by atoms with van der Waals surface area (Å²) in [6.45, 7) is 8.69. The fraction of sp³-hybridized carbons (Fsp3) is 0.636. The van der Waals surface area contributed by atoms with Crippen LogP contribution in [0, 0.1) is 0 Å². The summed E-state index contributed by atoms with van der Waals surface area (Å²) >= 11 is 0. The van der Waals surface area contributed by atoms with Crippen molar-refractivity contribution in [2.75, 3.05) is 0 Å². The quantitative estimate of drug-likeness (QED) is 0.532. The summed E-state index contributed by atoms with van der Waals surface area (Å²) in [5.41, 5.74) is 2.87. The lowest BCUT2D eigenvalue weighted by molar-refractivity contribution is 0.787. The molecule has 64 valence electrons. The fourth-order valence-electron chi connectivity index (χ4n) is 0.848. The summed E-state index contributed by atoms with van der Waals surface area (Å²) in [6, 6.07) is 0. The van der Waals surface area contributed by atoms with E-state index in [2.05, 4.69) is 39.8 Å². The first-order valence-corrected chi connectivity index (χ1v) is 4.47. The molecule has 0 heterocycles. The molecule has 0 atom stereocenters. The molecular weight excluding hydrogens is 132 g/mol. The highest BCUT2D eigenvalue weighted by atomic mass is 13.9. The zero-order valence-corrected chi connectivity index (χ0v) is 8.28. The van der Waals surface area contributed by atoms with Gasteiger partial charge in [0.1, 0.15) is 0 Å². The van der Waals surface area contributed by atoms with Crippen LogP contribution in [-0.4, -0.2) is 0 Å².